The van der Waals surface area contributed by atoms with Crippen molar-refractivity contribution < 1.29 is 15.0 Å². The van der Waals surface area contributed by atoms with Crippen LogP contribution in [0.25, 0.3) is 0 Å². The molecule has 3 N–H and O–H groups in total. The zero-order valence-electron chi connectivity index (χ0n) is 12.0. The number of hydrogen-bond donors (Lipinski definition) is 3. The number of amides is 1. The lowest BCUT2D eigenvalue weighted by Crippen LogP contribution is -2.55. The number of carbonyl (C=O) groups excluding carboxylic acids is 1. The lowest BCUT2D eigenvalue weighted by atomic mass is 9.92. The summed E-state index contributed by atoms with van der Waals surface area (Å²) in [6.07, 6.45) is 0.334. The Morgan fingerprint density at radius 1 is 1.00 bits per heavy atom. The van der Waals surface area contributed by atoms with E-state index in [9.17, 15) is 15.0 Å². The van der Waals surface area contributed by atoms with Crippen LogP contribution in [0.3, 0.4) is 0 Å². The van der Waals surface area contributed by atoms with Crippen LogP contribution in [-0.2, 0) is 6.42 Å². The second kappa shape index (κ2) is 7.40. The lowest BCUT2D eigenvalue weighted by molar-refractivity contribution is 0.0667. The Morgan fingerprint density at radius 3 is 2.14 bits per heavy atom. The van der Waals surface area contributed by atoms with Gasteiger partial charge in [-0.25, -0.2) is 0 Å². The van der Waals surface area contributed by atoms with Crippen molar-refractivity contribution in [3.05, 3.63) is 70.7 Å². The van der Waals surface area contributed by atoms with Crippen LogP contribution in [0.15, 0.2) is 54.6 Å². The standard InChI is InChI=1S/C17H18ClNO3/c18-15-8-6-14(7-9-15)16(22)19-17(11-20,12-21)10-13-4-2-1-3-5-13/h1-9,20-21H,10-12H2,(H,19,22). The van der Waals surface area contributed by atoms with Gasteiger partial charge in [0.2, 0.25) is 0 Å². The first-order valence-electron chi connectivity index (χ1n) is 6.92. The Kier molecular flexibility index (Phi) is 5.55. The van der Waals surface area contributed by atoms with Gasteiger partial charge in [-0.3, -0.25) is 4.79 Å². The highest BCUT2D eigenvalue weighted by Gasteiger charge is 2.31. The van der Waals surface area contributed by atoms with E-state index in [1.165, 1.54) is 0 Å². The van der Waals surface area contributed by atoms with Gasteiger partial charge in [0, 0.05) is 17.0 Å². The quantitative estimate of drug-likeness (QED) is 0.763. The summed E-state index contributed by atoms with van der Waals surface area (Å²) in [7, 11) is 0. The molecule has 0 bridgehead atoms. The minimum absolute atomic E-state index is 0.334. The Balaban J connectivity index is 2.17. The lowest BCUT2D eigenvalue weighted by Gasteiger charge is -2.31. The Bertz CT molecular complexity index is 610. The molecule has 4 nitrogen and oxygen atoms in total. The van der Waals surface area contributed by atoms with Crippen LogP contribution in [0.1, 0.15) is 15.9 Å². The Morgan fingerprint density at radius 2 is 1.59 bits per heavy atom. The average Bonchev–Trinajstić information content (AvgIpc) is 2.55. The van der Waals surface area contributed by atoms with Crippen LogP contribution in [0.2, 0.25) is 5.02 Å². The summed E-state index contributed by atoms with van der Waals surface area (Å²) in [5.74, 6) is -0.365. The molecule has 0 fully saturated rings. The van der Waals surface area contributed by atoms with Gasteiger partial charge in [0.25, 0.3) is 5.91 Å². The van der Waals surface area contributed by atoms with Gasteiger partial charge in [-0.1, -0.05) is 41.9 Å². The van der Waals surface area contributed by atoms with Crippen molar-refractivity contribution in [3.8, 4) is 0 Å². The van der Waals surface area contributed by atoms with Gasteiger partial charge in [-0.05, 0) is 29.8 Å². The number of aliphatic hydroxyl groups excluding tert-OH is 2. The van der Waals surface area contributed by atoms with E-state index in [1.54, 1.807) is 24.3 Å². The molecule has 0 heterocycles. The first-order valence-corrected chi connectivity index (χ1v) is 7.30. The molecule has 0 atom stereocenters. The molecule has 116 valence electrons. The first kappa shape index (κ1) is 16.5. The van der Waals surface area contributed by atoms with E-state index >= 15 is 0 Å². The van der Waals surface area contributed by atoms with Crippen LogP contribution < -0.4 is 5.32 Å². The Labute approximate surface area is 134 Å². The van der Waals surface area contributed by atoms with Crippen LogP contribution in [0, 0.1) is 0 Å². The molecule has 2 rings (SSSR count). The topological polar surface area (TPSA) is 69.6 Å². The third-order valence-electron chi connectivity index (χ3n) is 3.48. The largest absolute Gasteiger partial charge is 0.394 e. The molecular formula is C17H18ClNO3. The summed E-state index contributed by atoms with van der Waals surface area (Å²) in [5, 5.41) is 22.6. The van der Waals surface area contributed by atoms with Crippen molar-refractivity contribution in [2.24, 2.45) is 0 Å². The van der Waals surface area contributed by atoms with Gasteiger partial charge in [0.15, 0.2) is 0 Å². The number of benzene rings is 2. The molecule has 0 aromatic heterocycles. The maximum Gasteiger partial charge on any atom is 0.251 e. The van der Waals surface area contributed by atoms with Gasteiger partial charge in [0.1, 0.15) is 0 Å². The van der Waals surface area contributed by atoms with E-state index in [0.29, 0.717) is 17.0 Å². The maximum absolute atomic E-state index is 12.3. The Hall–Kier alpha value is -1.88. The van der Waals surface area contributed by atoms with Crippen molar-refractivity contribution >= 4 is 17.5 Å². The molecule has 2 aromatic rings. The van der Waals surface area contributed by atoms with Crippen molar-refractivity contribution in [2.75, 3.05) is 13.2 Å². The number of carbonyl (C=O) groups is 1. The molecule has 0 aliphatic rings. The second-order valence-corrected chi connectivity index (χ2v) is 5.66. The van der Waals surface area contributed by atoms with Crippen LogP contribution in [0.4, 0.5) is 0 Å². The van der Waals surface area contributed by atoms with E-state index in [4.69, 9.17) is 11.6 Å². The van der Waals surface area contributed by atoms with Gasteiger partial charge in [-0.15, -0.1) is 0 Å². The highest BCUT2D eigenvalue weighted by molar-refractivity contribution is 6.30. The minimum atomic E-state index is -1.11. The molecule has 0 unspecified atom stereocenters. The number of halogens is 1. The van der Waals surface area contributed by atoms with Crippen molar-refractivity contribution in [1.82, 2.24) is 5.32 Å². The third-order valence-corrected chi connectivity index (χ3v) is 3.73. The zero-order chi connectivity index (χ0) is 16.0. The van der Waals surface area contributed by atoms with E-state index in [0.717, 1.165) is 5.56 Å². The van der Waals surface area contributed by atoms with E-state index in [1.807, 2.05) is 30.3 Å². The summed E-state index contributed by atoms with van der Waals surface area (Å²) in [6, 6.07) is 15.8. The predicted octanol–water partition coefficient (Wildman–Crippen LogP) is 2.04. The monoisotopic (exact) mass is 319 g/mol. The van der Waals surface area contributed by atoms with Gasteiger partial charge in [0.05, 0.1) is 18.8 Å². The number of rotatable bonds is 6. The minimum Gasteiger partial charge on any atom is -0.394 e. The number of hydrogen-bond acceptors (Lipinski definition) is 3. The van der Waals surface area contributed by atoms with Gasteiger partial charge < -0.3 is 15.5 Å². The second-order valence-electron chi connectivity index (χ2n) is 5.22. The average molecular weight is 320 g/mol. The third kappa shape index (κ3) is 4.07. The number of nitrogens with one attached hydrogen (secondary N) is 1. The molecule has 0 saturated heterocycles. The molecule has 0 aliphatic carbocycles. The molecule has 0 aliphatic heterocycles. The van der Waals surface area contributed by atoms with E-state index in [-0.39, 0.29) is 19.1 Å². The van der Waals surface area contributed by atoms with Crippen molar-refractivity contribution in [3.63, 3.8) is 0 Å². The van der Waals surface area contributed by atoms with Crippen LogP contribution in [0.5, 0.6) is 0 Å². The highest BCUT2D eigenvalue weighted by atomic mass is 35.5. The number of aliphatic hydroxyl groups is 2. The molecule has 0 saturated carbocycles. The van der Waals surface area contributed by atoms with E-state index in [2.05, 4.69) is 5.32 Å². The van der Waals surface area contributed by atoms with Crippen LogP contribution in [-0.4, -0.2) is 34.9 Å². The van der Waals surface area contributed by atoms with Crippen molar-refractivity contribution in [1.29, 1.82) is 0 Å². The molecule has 0 radical (unpaired) electrons. The SMILES string of the molecule is O=C(NC(CO)(CO)Cc1ccccc1)c1ccc(Cl)cc1. The van der Waals surface area contributed by atoms with Gasteiger partial charge >= 0.3 is 0 Å². The first-order chi connectivity index (χ1) is 10.6. The molecular weight excluding hydrogens is 302 g/mol. The summed E-state index contributed by atoms with van der Waals surface area (Å²) in [5.41, 5.74) is 0.226. The predicted molar refractivity (Wildman–Crippen MR) is 86.0 cm³/mol. The van der Waals surface area contributed by atoms with E-state index < -0.39 is 5.54 Å². The maximum atomic E-state index is 12.3. The fourth-order valence-corrected chi connectivity index (χ4v) is 2.31. The smallest absolute Gasteiger partial charge is 0.251 e. The van der Waals surface area contributed by atoms with Crippen LogP contribution >= 0.6 is 11.6 Å². The molecule has 1 amide bonds. The fourth-order valence-electron chi connectivity index (χ4n) is 2.19. The molecule has 2 aromatic carbocycles. The highest BCUT2D eigenvalue weighted by Crippen LogP contribution is 2.15. The normalized spacial score (nSPS) is 11.2. The molecule has 22 heavy (non-hydrogen) atoms. The molecule has 5 heteroatoms. The van der Waals surface area contributed by atoms with Gasteiger partial charge in [-0.2, -0.15) is 0 Å². The summed E-state index contributed by atoms with van der Waals surface area (Å²) < 4.78 is 0. The van der Waals surface area contributed by atoms with Crippen molar-refractivity contribution in [2.45, 2.75) is 12.0 Å². The zero-order valence-corrected chi connectivity index (χ0v) is 12.8. The summed E-state index contributed by atoms with van der Waals surface area (Å²) >= 11 is 5.80. The summed E-state index contributed by atoms with van der Waals surface area (Å²) in [4.78, 5) is 12.3. The fraction of sp³-hybridized carbons (Fsp3) is 0.235. The summed E-state index contributed by atoms with van der Waals surface area (Å²) in [6.45, 7) is -0.727. The molecule has 0 spiro atoms.